The van der Waals surface area contributed by atoms with Crippen LogP contribution in [0.1, 0.15) is 31.1 Å². The summed E-state index contributed by atoms with van der Waals surface area (Å²) >= 11 is 8.89. The van der Waals surface area contributed by atoms with E-state index in [-0.39, 0.29) is 21.7 Å². The molecule has 0 saturated heterocycles. The molecule has 0 saturated carbocycles. The maximum atomic E-state index is 12.3. The number of nitro groups is 1. The lowest BCUT2D eigenvalue weighted by Gasteiger charge is -2.12. The highest BCUT2D eigenvalue weighted by atomic mass is 79.9. The standard InChI is InChI=1S/C18H10BrClN2O7/c19-10-2-3-11-12(6-10)18(26)21(17(11)25)7-16(24)29-8-15(23)9-1-4-13(20)14(5-9)22(27)28/h1-6H,7-8H2. The first-order valence-corrected chi connectivity index (χ1v) is 9.14. The molecule has 0 N–H and O–H groups in total. The van der Waals surface area contributed by atoms with Crippen LogP contribution in [0.4, 0.5) is 5.69 Å². The summed E-state index contributed by atoms with van der Waals surface area (Å²) in [4.78, 5) is 59.6. The van der Waals surface area contributed by atoms with Crippen molar-refractivity contribution in [3.05, 3.63) is 72.7 Å². The third-order valence-electron chi connectivity index (χ3n) is 4.05. The number of nitro benzene ring substituents is 1. The number of esters is 1. The van der Waals surface area contributed by atoms with Gasteiger partial charge in [0.1, 0.15) is 11.6 Å². The lowest BCUT2D eigenvalue weighted by atomic mass is 10.1. The van der Waals surface area contributed by atoms with Gasteiger partial charge in [-0.25, -0.2) is 0 Å². The Hall–Kier alpha value is -3.11. The molecule has 29 heavy (non-hydrogen) atoms. The first-order chi connectivity index (χ1) is 13.7. The van der Waals surface area contributed by atoms with E-state index in [1.807, 2.05) is 0 Å². The van der Waals surface area contributed by atoms with Crippen LogP contribution in [-0.4, -0.2) is 46.5 Å². The number of benzene rings is 2. The van der Waals surface area contributed by atoms with Gasteiger partial charge in [0.25, 0.3) is 17.5 Å². The summed E-state index contributed by atoms with van der Waals surface area (Å²) in [6.45, 7) is -1.38. The van der Waals surface area contributed by atoms with Crippen LogP contribution in [0.15, 0.2) is 40.9 Å². The number of ether oxygens (including phenoxy) is 1. The highest BCUT2D eigenvalue weighted by molar-refractivity contribution is 9.10. The van der Waals surface area contributed by atoms with Gasteiger partial charge < -0.3 is 4.74 Å². The number of halogens is 2. The van der Waals surface area contributed by atoms with Crippen molar-refractivity contribution < 1.29 is 28.8 Å². The zero-order chi connectivity index (χ0) is 21.3. The summed E-state index contributed by atoms with van der Waals surface area (Å²) in [5, 5.41) is 10.7. The van der Waals surface area contributed by atoms with Crippen LogP contribution in [-0.2, 0) is 9.53 Å². The minimum Gasteiger partial charge on any atom is -0.456 e. The molecular formula is C18H10BrClN2O7. The van der Waals surface area contributed by atoms with E-state index in [0.717, 1.165) is 11.0 Å². The minimum atomic E-state index is -0.976. The first kappa shape index (κ1) is 20.6. The van der Waals surface area contributed by atoms with Crippen molar-refractivity contribution >= 4 is 56.8 Å². The van der Waals surface area contributed by atoms with E-state index >= 15 is 0 Å². The van der Waals surface area contributed by atoms with E-state index < -0.39 is 47.3 Å². The van der Waals surface area contributed by atoms with Crippen LogP contribution in [0.5, 0.6) is 0 Å². The fourth-order valence-electron chi connectivity index (χ4n) is 2.64. The Morgan fingerprint density at radius 3 is 2.48 bits per heavy atom. The van der Waals surface area contributed by atoms with E-state index in [2.05, 4.69) is 15.9 Å². The summed E-state index contributed by atoms with van der Waals surface area (Å²) in [7, 11) is 0. The summed E-state index contributed by atoms with van der Waals surface area (Å²) in [5.74, 6) is -2.98. The first-order valence-electron chi connectivity index (χ1n) is 7.97. The fraction of sp³-hybridized carbons (Fsp3) is 0.111. The van der Waals surface area contributed by atoms with Gasteiger partial charge in [-0.1, -0.05) is 27.5 Å². The summed E-state index contributed by atoms with van der Waals surface area (Å²) in [6, 6.07) is 7.94. The number of nitrogens with zero attached hydrogens (tertiary/aromatic N) is 2. The van der Waals surface area contributed by atoms with Crippen LogP contribution in [0.2, 0.25) is 5.02 Å². The largest absolute Gasteiger partial charge is 0.456 e. The second kappa shape index (κ2) is 8.10. The van der Waals surface area contributed by atoms with E-state index in [0.29, 0.717) is 4.47 Å². The van der Waals surface area contributed by atoms with Crippen molar-refractivity contribution in [2.75, 3.05) is 13.2 Å². The van der Waals surface area contributed by atoms with Crippen molar-refractivity contribution in [2.24, 2.45) is 0 Å². The third kappa shape index (κ3) is 4.17. The molecule has 0 bridgehead atoms. The Bertz CT molecular complexity index is 1090. The topological polar surface area (TPSA) is 124 Å². The highest BCUT2D eigenvalue weighted by Crippen LogP contribution is 2.26. The molecule has 0 aliphatic carbocycles. The molecule has 0 unspecified atom stereocenters. The molecule has 2 aromatic rings. The number of amides is 2. The maximum absolute atomic E-state index is 12.3. The normalized spacial score (nSPS) is 12.7. The monoisotopic (exact) mass is 480 g/mol. The zero-order valence-corrected chi connectivity index (χ0v) is 16.7. The van der Waals surface area contributed by atoms with Gasteiger partial charge in [0.15, 0.2) is 6.61 Å². The summed E-state index contributed by atoms with van der Waals surface area (Å²) in [6.07, 6.45) is 0. The van der Waals surface area contributed by atoms with Gasteiger partial charge in [0.05, 0.1) is 16.1 Å². The molecular weight excluding hydrogens is 472 g/mol. The van der Waals surface area contributed by atoms with Gasteiger partial charge in [-0.3, -0.25) is 34.2 Å². The van der Waals surface area contributed by atoms with Crippen LogP contribution >= 0.6 is 27.5 Å². The average Bonchev–Trinajstić information content (AvgIpc) is 2.90. The van der Waals surface area contributed by atoms with Gasteiger partial charge in [0.2, 0.25) is 5.78 Å². The lowest BCUT2D eigenvalue weighted by Crippen LogP contribution is -2.36. The molecule has 2 amide bonds. The molecule has 1 aliphatic heterocycles. The molecule has 11 heteroatoms. The van der Waals surface area contributed by atoms with Gasteiger partial charge in [-0.15, -0.1) is 0 Å². The Morgan fingerprint density at radius 2 is 1.79 bits per heavy atom. The second-order valence-corrected chi connectivity index (χ2v) is 7.22. The smallest absolute Gasteiger partial charge is 0.326 e. The molecule has 9 nitrogen and oxygen atoms in total. The van der Waals surface area contributed by atoms with Crippen LogP contribution in [0.25, 0.3) is 0 Å². The van der Waals surface area contributed by atoms with Crippen LogP contribution in [0, 0.1) is 10.1 Å². The highest BCUT2D eigenvalue weighted by Gasteiger charge is 2.37. The summed E-state index contributed by atoms with van der Waals surface area (Å²) in [5.41, 5.74) is -0.210. The van der Waals surface area contributed by atoms with Crippen molar-refractivity contribution in [3.8, 4) is 0 Å². The Kier molecular flexibility index (Phi) is 5.76. The molecule has 2 aromatic carbocycles. The molecule has 0 radical (unpaired) electrons. The van der Waals surface area contributed by atoms with Crippen LogP contribution < -0.4 is 0 Å². The molecule has 1 aliphatic rings. The summed E-state index contributed by atoms with van der Waals surface area (Å²) < 4.78 is 5.42. The molecule has 1 heterocycles. The average molecular weight is 482 g/mol. The zero-order valence-electron chi connectivity index (χ0n) is 14.4. The molecule has 0 spiro atoms. The number of carbonyl (C=O) groups excluding carboxylic acids is 4. The van der Waals surface area contributed by atoms with Crippen molar-refractivity contribution in [2.45, 2.75) is 0 Å². The van der Waals surface area contributed by atoms with Crippen molar-refractivity contribution in [1.82, 2.24) is 4.90 Å². The van der Waals surface area contributed by atoms with Crippen molar-refractivity contribution in [3.63, 3.8) is 0 Å². The molecule has 0 atom stereocenters. The predicted molar refractivity (Wildman–Crippen MR) is 103 cm³/mol. The molecule has 0 aromatic heterocycles. The van der Waals surface area contributed by atoms with E-state index in [1.165, 1.54) is 24.3 Å². The quantitative estimate of drug-likeness (QED) is 0.204. The number of carbonyl (C=O) groups is 4. The van der Waals surface area contributed by atoms with Crippen molar-refractivity contribution in [1.29, 1.82) is 0 Å². The van der Waals surface area contributed by atoms with Gasteiger partial charge >= 0.3 is 5.97 Å². The molecule has 3 rings (SSSR count). The predicted octanol–water partition coefficient (Wildman–Crippen LogP) is 3.03. The fourth-order valence-corrected chi connectivity index (χ4v) is 3.18. The number of hydrogen-bond donors (Lipinski definition) is 0. The van der Waals surface area contributed by atoms with Gasteiger partial charge in [-0.2, -0.15) is 0 Å². The maximum Gasteiger partial charge on any atom is 0.326 e. The number of rotatable bonds is 6. The molecule has 148 valence electrons. The van der Waals surface area contributed by atoms with Gasteiger partial charge in [0, 0.05) is 16.1 Å². The number of ketones is 1. The number of Topliss-reactive ketones (excluding diaryl/α,β-unsaturated/α-hetero) is 1. The Labute approximate surface area is 176 Å². The van der Waals surface area contributed by atoms with E-state index in [9.17, 15) is 29.3 Å². The Balaban J connectivity index is 1.63. The third-order valence-corrected chi connectivity index (χ3v) is 4.86. The second-order valence-electron chi connectivity index (χ2n) is 5.89. The number of fused-ring (bicyclic) bond motifs is 1. The number of hydrogen-bond acceptors (Lipinski definition) is 7. The SMILES string of the molecule is O=C(CN1C(=O)c2ccc(Br)cc2C1=O)OCC(=O)c1ccc(Cl)c([N+](=O)[O-])c1. The van der Waals surface area contributed by atoms with Gasteiger partial charge in [-0.05, 0) is 30.3 Å². The minimum absolute atomic E-state index is 0.0699. The Morgan fingerprint density at radius 1 is 1.10 bits per heavy atom. The number of imide groups is 1. The van der Waals surface area contributed by atoms with E-state index in [1.54, 1.807) is 6.07 Å². The molecule has 0 fully saturated rings. The van der Waals surface area contributed by atoms with Crippen LogP contribution in [0.3, 0.4) is 0 Å². The lowest BCUT2D eigenvalue weighted by molar-refractivity contribution is -0.384. The van der Waals surface area contributed by atoms with E-state index in [4.69, 9.17) is 16.3 Å².